The van der Waals surface area contributed by atoms with Gasteiger partial charge in [-0.1, -0.05) is 6.92 Å². The van der Waals surface area contributed by atoms with Crippen LogP contribution in [-0.2, 0) is 6.42 Å². The molecule has 0 bridgehead atoms. The smallest absolute Gasteiger partial charge is 0.213 e. The van der Waals surface area contributed by atoms with Crippen LogP contribution in [0.15, 0.2) is 34.3 Å². The fourth-order valence-corrected chi connectivity index (χ4v) is 1.85. The number of aromatic nitrogens is 3. The van der Waals surface area contributed by atoms with E-state index in [1.54, 1.807) is 0 Å². The number of aromatic amines is 1. The monoisotopic (exact) mass is 220 g/mol. The quantitative estimate of drug-likeness (QED) is 0.777. The van der Waals surface area contributed by atoms with Crippen molar-refractivity contribution in [1.82, 2.24) is 15.2 Å². The normalized spacial score (nSPS) is 10.5. The topological polar surface area (TPSA) is 67.6 Å². The molecule has 78 valence electrons. The summed E-state index contributed by atoms with van der Waals surface area (Å²) < 4.78 is 0. The van der Waals surface area contributed by atoms with Gasteiger partial charge in [0.1, 0.15) is 5.82 Å². The third kappa shape index (κ3) is 2.50. The minimum Gasteiger partial charge on any atom is -0.399 e. The molecule has 4 nitrogen and oxygen atoms in total. The van der Waals surface area contributed by atoms with Crippen LogP contribution in [0.2, 0.25) is 0 Å². The van der Waals surface area contributed by atoms with E-state index >= 15 is 0 Å². The van der Waals surface area contributed by atoms with Gasteiger partial charge in [-0.05, 0) is 36.0 Å². The van der Waals surface area contributed by atoms with Gasteiger partial charge in [-0.15, -0.1) is 5.10 Å². The molecule has 15 heavy (non-hydrogen) atoms. The van der Waals surface area contributed by atoms with Crippen LogP contribution in [0.1, 0.15) is 12.7 Å². The summed E-state index contributed by atoms with van der Waals surface area (Å²) in [5.41, 5.74) is 6.37. The average Bonchev–Trinajstić information content (AvgIpc) is 2.69. The molecule has 0 aliphatic carbocycles. The molecule has 1 aromatic carbocycles. The molecule has 0 aliphatic heterocycles. The number of H-pyrrole nitrogens is 1. The zero-order valence-corrected chi connectivity index (χ0v) is 9.21. The van der Waals surface area contributed by atoms with Crippen molar-refractivity contribution in [3.8, 4) is 0 Å². The van der Waals surface area contributed by atoms with Gasteiger partial charge in [0.15, 0.2) is 0 Å². The lowest BCUT2D eigenvalue weighted by Gasteiger charge is -1.96. The first kappa shape index (κ1) is 10.0. The van der Waals surface area contributed by atoms with Gasteiger partial charge in [-0.2, -0.15) is 0 Å². The number of aryl methyl sites for hydroxylation is 1. The zero-order valence-electron chi connectivity index (χ0n) is 8.40. The molecule has 0 saturated heterocycles. The van der Waals surface area contributed by atoms with Gasteiger partial charge in [0.25, 0.3) is 0 Å². The zero-order chi connectivity index (χ0) is 10.7. The van der Waals surface area contributed by atoms with E-state index < -0.39 is 0 Å². The second-order valence-electron chi connectivity index (χ2n) is 3.09. The molecule has 0 fully saturated rings. The summed E-state index contributed by atoms with van der Waals surface area (Å²) in [6.07, 6.45) is 0.870. The van der Waals surface area contributed by atoms with Crippen molar-refractivity contribution in [2.75, 3.05) is 5.73 Å². The molecule has 1 heterocycles. The Kier molecular flexibility index (Phi) is 2.91. The Morgan fingerprint density at radius 2 is 2.07 bits per heavy atom. The van der Waals surface area contributed by atoms with Crippen molar-refractivity contribution < 1.29 is 0 Å². The maximum absolute atomic E-state index is 5.60. The van der Waals surface area contributed by atoms with E-state index in [-0.39, 0.29) is 0 Å². The van der Waals surface area contributed by atoms with Crippen molar-refractivity contribution >= 4 is 17.4 Å². The summed E-state index contributed by atoms with van der Waals surface area (Å²) in [5.74, 6) is 0.910. The third-order valence-corrected chi connectivity index (χ3v) is 2.81. The van der Waals surface area contributed by atoms with Gasteiger partial charge >= 0.3 is 0 Å². The Morgan fingerprint density at radius 3 is 2.67 bits per heavy atom. The van der Waals surface area contributed by atoms with Crippen LogP contribution in [0.4, 0.5) is 5.69 Å². The number of hydrogen-bond acceptors (Lipinski definition) is 4. The lowest BCUT2D eigenvalue weighted by molar-refractivity contribution is 0.941. The Morgan fingerprint density at radius 1 is 1.33 bits per heavy atom. The van der Waals surface area contributed by atoms with E-state index in [9.17, 15) is 0 Å². The highest BCUT2D eigenvalue weighted by Gasteiger charge is 2.03. The lowest BCUT2D eigenvalue weighted by atomic mass is 10.3. The largest absolute Gasteiger partial charge is 0.399 e. The number of hydrogen-bond donors (Lipinski definition) is 2. The second kappa shape index (κ2) is 4.35. The number of nitrogens with zero attached hydrogens (tertiary/aromatic N) is 2. The van der Waals surface area contributed by atoms with Gasteiger partial charge in [0.2, 0.25) is 5.16 Å². The minimum atomic E-state index is 0.747. The SMILES string of the molecule is CCc1nc(Sc2ccc(N)cc2)n[nH]1. The van der Waals surface area contributed by atoms with E-state index in [2.05, 4.69) is 15.2 Å². The summed E-state index contributed by atoms with van der Waals surface area (Å²) in [6.45, 7) is 2.04. The van der Waals surface area contributed by atoms with Crippen molar-refractivity contribution in [2.45, 2.75) is 23.4 Å². The molecule has 0 amide bonds. The third-order valence-electron chi connectivity index (χ3n) is 1.94. The number of nitrogens with two attached hydrogens (primary N) is 1. The number of nitrogen functional groups attached to an aromatic ring is 1. The summed E-state index contributed by atoms with van der Waals surface area (Å²) in [7, 11) is 0. The van der Waals surface area contributed by atoms with Gasteiger partial charge < -0.3 is 5.73 Å². The van der Waals surface area contributed by atoms with E-state index in [0.717, 1.165) is 28.0 Å². The van der Waals surface area contributed by atoms with E-state index in [4.69, 9.17) is 5.73 Å². The van der Waals surface area contributed by atoms with Crippen molar-refractivity contribution in [2.24, 2.45) is 0 Å². The highest BCUT2D eigenvalue weighted by Crippen LogP contribution is 2.24. The molecule has 2 aromatic rings. The predicted octanol–water partition coefficient (Wildman–Crippen LogP) is 2.10. The predicted molar refractivity (Wildman–Crippen MR) is 60.7 cm³/mol. The van der Waals surface area contributed by atoms with Crippen LogP contribution in [0.5, 0.6) is 0 Å². The summed E-state index contributed by atoms with van der Waals surface area (Å²) in [6, 6.07) is 7.66. The van der Waals surface area contributed by atoms with Crippen LogP contribution in [0.25, 0.3) is 0 Å². The Labute approximate surface area is 92.3 Å². The number of nitrogens with one attached hydrogen (secondary N) is 1. The molecule has 1 aromatic heterocycles. The molecule has 0 atom stereocenters. The Balaban J connectivity index is 2.11. The molecule has 0 spiro atoms. The van der Waals surface area contributed by atoms with E-state index in [0.29, 0.717) is 0 Å². The first-order valence-electron chi connectivity index (χ1n) is 4.72. The van der Waals surface area contributed by atoms with Gasteiger partial charge in [-0.3, -0.25) is 5.10 Å². The van der Waals surface area contributed by atoms with E-state index in [1.165, 1.54) is 11.8 Å². The van der Waals surface area contributed by atoms with Crippen LogP contribution in [-0.4, -0.2) is 15.2 Å². The molecule has 0 radical (unpaired) electrons. The van der Waals surface area contributed by atoms with Crippen LogP contribution >= 0.6 is 11.8 Å². The standard InChI is InChI=1S/C10H12N4S/c1-2-9-12-10(14-13-9)15-8-5-3-7(11)4-6-8/h3-6H,2,11H2,1H3,(H,12,13,14). The minimum absolute atomic E-state index is 0.747. The molecule has 0 aliphatic rings. The molecular formula is C10H12N4S. The molecular weight excluding hydrogens is 208 g/mol. The maximum Gasteiger partial charge on any atom is 0.213 e. The maximum atomic E-state index is 5.60. The lowest BCUT2D eigenvalue weighted by Crippen LogP contribution is -1.83. The Bertz CT molecular complexity index is 435. The molecule has 3 N–H and O–H groups in total. The summed E-state index contributed by atoms with van der Waals surface area (Å²) in [4.78, 5) is 5.40. The highest BCUT2D eigenvalue weighted by atomic mass is 32.2. The number of benzene rings is 1. The van der Waals surface area contributed by atoms with Gasteiger partial charge in [0, 0.05) is 17.0 Å². The Hall–Kier alpha value is -1.49. The van der Waals surface area contributed by atoms with Crippen molar-refractivity contribution in [3.05, 3.63) is 30.1 Å². The molecule has 0 saturated carbocycles. The fraction of sp³-hybridized carbons (Fsp3) is 0.200. The van der Waals surface area contributed by atoms with Crippen LogP contribution in [0.3, 0.4) is 0 Å². The molecule has 2 rings (SSSR count). The first-order chi connectivity index (χ1) is 7.28. The average molecular weight is 220 g/mol. The first-order valence-corrected chi connectivity index (χ1v) is 5.54. The molecule has 0 unspecified atom stereocenters. The van der Waals surface area contributed by atoms with Crippen molar-refractivity contribution in [3.63, 3.8) is 0 Å². The van der Waals surface area contributed by atoms with Crippen LogP contribution in [0, 0.1) is 0 Å². The van der Waals surface area contributed by atoms with Gasteiger partial charge in [0.05, 0.1) is 0 Å². The summed E-state index contributed by atoms with van der Waals surface area (Å²) >= 11 is 1.52. The van der Waals surface area contributed by atoms with Crippen molar-refractivity contribution in [1.29, 1.82) is 0 Å². The number of rotatable bonds is 3. The van der Waals surface area contributed by atoms with Crippen LogP contribution < -0.4 is 5.73 Å². The summed E-state index contributed by atoms with van der Waals surface area (Å²) in [5, 5.41) is 7.73. The van der Waals surface area contributed by atoms with E-state index in [1.807, 2.05) is 31.2 Å². The van der Waals surface area contributed by atoms with Gasteiger partial charge in [-0.25, -0.2) is 4.98 Å². The fourth-order valence-electron chi connectivity index (χ4n) is 1.12. The highest BCUT2D eigenvalue weighted by molar-refractivity contribution is 7.99. The molecule has 5 heteroatoms. The second-order valence-corrected chi connectivity index (χ2v) is 4.13. The number of anilines is 1.